The van der Waals surface area contributed by atoms with E-state index >= 15 is 0 Å². The topological polar surface area (TPSA) is 58.6 Å². The lowest BCUT2D eigenvalue weighted by Gasteiger charge is -2.20. The monoisotopic (exact) mass is 332 g/mol. The standard InChI is InChI=1S/C15H19F3N2O3/c1-11(21)20(9-10-23-2)8-7-14(22)19-13-5-3-12(4-6-13)15(16,17)18/h3-6H,7-10H2,1-2H3,(H,19,22). The summed E-state index contributed by atoms with van der Waals surface area (Å²) in [5.74, 6) is -0.558. The van der Waals surface area contributed by atoms with Crippen molar-refractivity contribution in [2.45, 2.75) is 19.5 Å². The molecule has 0 unspecified atom stereocenters. The van der Waals surface area contributed by atoms with E-state index in [1.165, 1.54) is 31.1 Å². The van der Waals surface area contributed by atoms with Crippen molar-refractivity contribution in [2.75, 3.05) is 32.1 Å². The molecule has 2 amide bonds. The lowest BCUT2D eigenvalue weighted by Crippen LogP contribution is -2.34. The van der Waals surface area contributed by atoms with Gasteiger partial charge < -0.3 is 15.0 Å². The van der Waals surface area contributed by atoms with Gasteiger partial charge in [0.2, 0.25) is 11.8 Å². The Balaban J connectivity index is 2.51. The Morgan fingerprint density at radius 2 is 1.78 bits per heavy atom. The summed E-state index contributed by atoms with van der Waals surface area (Å²) in [6, 6.07) is 4.18. The molecule has 0 aliphatic rings. The van der Waals surface area contributed by atoms with E-state index in [1.807, 2.05) is 0 Å². The lowest BCUT2D eigenvalue weighted by molar-refractivity contribution is -0.137. The van der Waals surface area contributed by atoms with Crippen molar-refractivity contribution in [3.05, 3.63) is 29.8 Å². The van der Waals surface area contributed by atoms with Crippen molar-refractivity contribution in [3.8, 4) is 0 Å². The number of methoxy groups -OCH3 is 1. The molecule has 1 aromatic rings. The Labute approximate surface area is 132 Å². The van der Waals surface area contributed by atoms with Crippen molar-refractivity contribution in [1.82, 2.24) is 4.90 Å². The molecule has 0 radical (unpaired) electrons. The summed E-state index contributed by atoms with van der Waals surface area (Å²) >= 11 is 0. The normalized spacial score (nSPS) is 11.2. The first kappa shape index (κ1) is 19.0. The van der Waals surface area contributed by atoms with Gasteiger partial charge in [0.05, 0.1) is 12.2 Å². The molecule has 8 heteroatoms. The number of anilines is 1. The highest BCUT2D eigenvalue weighted by Gasteiger charge is 2.29. The summed E-state index contributed by atoms with van der Waals surface area (Å²) in [5, 5.41) is 2.50. The molecule has 0 bridgehead atoms. The molecule has 0 aliphatic carbocycles. The molecule has 0 aliphatic heterocycles. The largest absolute Gasteiger partial charge is 0.416 e. The highest BCUT2D eigenvalue weighted by Crippen LogP contribution is 2.29. The molecular weight excluding hydrogens is 313 g/mol. The number of nitrogens with one attached hydrogen (secondary N) is 1. The highest BCUT2D eigenvalue weighted by atomic mass is 19.4. The van der Waals surface area contributed by atoms with E-state index in [2.05, 4.69) is 5.32 Å². The number of benzene rings is 1. The number of hydrogen-bond donors (Lipinski definition) is 1. The Kier molecular flexibility index (Phi) is 7.02. The molecule has 0 fully saturated rings. The zero-order valence-electron chi connectivity index (χ0n) is 12.9. The SMILES string of the molecule is COCCN(CCC(=O)Nc1ccc(C(F)(F)F)cc1)C(C)=O. The summed E-state index contributed by atoms with van der Waals surface area (Å²) in [6.45, 7) is 2.34. The van der Waals surface area contributed by atoms with Gasteiger partial charge in [-0.1, -0.05) is 0 Å². The van der Waals surface area contributed by atoms with E-state index in [0.717, 1.165) is 12.1 Å². The third kappa shape index (κ3) is 6.68. The highest BCUT2D eigenvalue weighted by molar-refractivity contribution is 5.91. The number of hydrogen-bond acceptors (Lipinski definition) is 3. The van der Waals surface area contributed by atoms with Crippen LogP contribution < -0.4 is 5.32 Å². The summed E-state index contributed by atoms with van der Waals surface area (Å²) < 4.78 is 42.2. The van der Waals surface area contributed by atoms with E-state index < -0.39 is 11.7 Å². The van der Waals surface area contributed by atoms with Crippen LogP contribution in [-0.4, -0.2) is 43.5 Å². The molecule has 0 saturated heterocycles. The molecule has 0 saturated carbocycles. The average Bonchev–Trinajstić information content (AvgIpc) is 2.46. The molecule has 128 valence electrons. The van der Waals surface area contributed by atoms with Gasteiger partial charge >= 0.3 is 6.18 Å². The van der Waals surface area contributed by atoms with Crippen molar-refractivity contribution >= 4 is 17.5 Å². The minimum Gasteiger partial charge on any atom is -0.383 e. The van der Waals surface area contributed by atoms with Gasteiger partial charge in [-0.15, -0.1) is 0 Å². The second-order valence-corrected chi connectivity index (χ2v) is 4.87. The first-order valence-electron chi connectivity index (χ1n) is 6.95. The Hall–Kier alpha value is -2.09. The van der Waals surface area contributed by atoms with E-state index in [4.69, 9.17) is 4.74 Å². The van der Waals surface area contributed by atoms with Crippen LogP contribution in [0.4, 0.5) is 18.9 Å². The molecule has 1 rings (SSSR count). The molecule has 1 N–H and O–H groups in total. The van der Waals surface area contributed by atoms with Crippen LogP contribution in [0.1, 0.15) is 18.9 Å². The fraction of sp³-hybridized carbons (Fsp3) is 0.467. The van der Waals surface area contributed by atoms with Gasteiger partial charge in [0, 0.05) is 39.2 Å². The third-order valence-electron chi connectivity index (χ3n) is 3.12. The predicted octanol–water partition coefficient (Wildman–Crippen LogP) is 2.53. The third-order valence-corrected chi connectivity index (χ3v) is 3.12. The van der Waals surface area contributed by atoms with Crippen LogP contribution in [0.25, 0.3) is 0 Å². The Morgan fingerprint density at radius 3 is 2.26 bits per heavy atom. The Bertz CT molecular complexity index is 530. The fourth-order valence-corrected chi connectivity index (χ4v) is 1.83. The van der Waals surface area contributed by atoms with Crippen molar-refractivity contribution in [2.24, 2.45) is 0 Å². The van der Waals surface area contributed by atoms with Crippen LogP contribution in [0.2, 0.25) is 0 Å². The van der Waals surface area contributed by atoms with Crippen LogP contribution in [0.3, 0.4) is 0 Å². The Morgan fingerprint density at radius 1 is 1.17 bits per heavy atom. The number of ether oxygens (including phenoxy) is 1. The average molecular weight is 332 g/mol. The summed E-state index contributed by atoms with van der Waals surface area (Å²) in [5.41, 5.74) is -0.507. The summed E-state index contributed by atoms with van der Waals surface area (Å²) in [7, 11) is 1.51. The quantitative estimate of drug-likeness (QED) is 0.835. The zero-order valence-corrected chi connectivity index (χ0v) is 12.9. The molecule has 0 spiro atoms. The number of amides is 2. The number of alkyl halides is 3. The maximum atomic E-state index is 12.4. The van der Waals surface area contributed by atoms with Crippen LogP contribution in [0.5, 0.6) is 0 Å². The van der Waals surface area contributed by atoms with E-state index in [-0.39, 0.29) is 30.5 Å². The molecule has 0 atom stereocenters. The summed E-state index contributed by atoms with van der Waals surface area (Å²) in [6.07, 6.45) is -4.36. The molecular formula is C15H19F3N2O3. The fourth-order valence-electron chi connectivity index (χ4n) is 1.83. The maximum Gasteiger partial charge on any atom is 0.416 e. The van der Waals surface area contributed by atoms with E-state index in [1.54, 1.807) is 0 Å². The van der Waals surface area contributed by atoms with Crippen LogP contribution >= 0.6 is 0 Å². The van der Waals surface area contributed by atoms with Crippen molar-refractivity contribution < 1.29 is 27.5 Å². The van der Waals surface area contributed by atoms with Gasteiger partial charge in [-0.2, -0.15) is 13.2 Å². The van der Waals surface area contributed by atoms with Crippen molar-refractivity contribution in [3.63, 3.8) is 0 Å². The smallest absolute Gasteiger partial charge is 0.383 e. The van der Waals surface area contributed by atoms with Crippen molar-refractivity contribution in [1.29, 1.82) is 0 Å². The first-order chi connectivity index (χ1) is 10.7. The molecule has 5 nitrogen and oxygen atoms in total. The van der Waals surface area contributed by atoms with Gasteiger partial charge in [-0.25, -0.2) is 0 Å². The van der Waals surface area contributed by atoms with Gasteiger partial charge in [0.15, 0.2) is 0 Å². The number of carbonyl (C=O) groups is 2. The van der Waals surface area contributed by atoms with Gasteiger partial charge in [-0.3, -0.25) is 9.59 Å². The molecule has 1 aromatic carbocycles. The minimum absolute atomic E-state index is 0.0459. The first-order valence-corrected chi connectivity index (χ1v) is 6.95. The van der Waals surface area contributed by atoms with Gasteiger partial charge in [0.1, 0.15) is 0 Å². The number of nitrogens with zero attached hydrogens (tertiary/aromatic N) is 1. The van der Waals surface area contributed by atoms with Crippen LogP contribution in [0, 0.1) is 0 Å². The second-order valence-electron chi connectivity index (χ2n) is 4.87. The molecule has 0 aromatic heterocycles. The van der Waals surface area contributed by atoms with Crippen LogP contribution in [0.15, 0.2) is 24.3 Å². The minimum atomic E-state index is -4.41. The predicted molar refractivity (Wildman–Crippen MR) is 78.8 cm³/mol. The number of rotatable bonds is 7. The van der Waals surface area contributed by atoms with E-state index in [9.17, 15) is 22.8 Å². The number of carbonyl (C=O) groups excluding carboxylic acids is 2. The van der Waals surface area contributed by atoms with Gasteiger partial charge in [0.25, 0.3) is 0 Å². The zero-order chi connectivity index (χ0) is 17.5. The molecule has 0 heterocycles. The van der Waals surface area contributed by atoms with Gasteiger partial charge in [-0.05, 0) is 24.3 Å². The lowest BCUT2D eigenvalue weighted by atomic mass is 10.2. The van der Waals surface area contributed by atoms with E-state index in [0.29, 0.717) is 13.2 Å². The second kappa shape index (κ2) is 8.52. The molecule has 23 heavy (non-hydrogen) atoms. The maximum absolute atomic E-state index is 12.4. The number of halogens is 3. The summed E-state index contributed by atoms with van der Waals surface area (Å²) in [4.78, 5) is 24.6. The van der Waals surface area contributed by atoms with Crippen LogP contribution in [-0.2, 0) is 20.5 Å².